The van der Waals surface area contributed by atoms with E-state index in [9.17, 15) is 14.3 Å². The maximum absolute atomic E-state index is 14.0. The SMILES string of the molecule is CC1(C)CCn2nc(-c3ccccc3F)c(C(=O)O)c2O1. The van der Waals surface area contributed by atoms with Crippen LogP contribution in [0.1, 0.15) is 30.6 Å². The molecule has 1 aliphatic rings. The molecule has 0 bridgehead atoms. The Labute approximate surface area is 121 Å². The van der Waals surface area contributed by atoms with Crippen molar-refractivity contribution in [3.05, 3.63) is 35.6 Å². The van der Waals surface area contributed by atoms with E-state index >= 15 is 0 Å². The Balaban J connectivity index is 2.22. The van der Waals surface area contributed by atoms with Crippen molar-refractivity contribution in [1.82, 2.24) is 9.78 Å². The van der Waals surface area contributed by atoms with Gasteiger partial charge in [0.25, 0.3) is 0 Å². The van der Waals surface area contributed by atoms with Crippen LogP contribution < -0.4 is 4.74 Å². The number of halogens is 1. The van der Waals surface area contributed by atoms with Crippen molar-refractivity contribution < 1.29 is 19.0 Å². The van der Waals surface area contributed by atoms with E-state index in [1.165, 1.54) is 16.8 Å². The first kappa shape index (κ1) is 13.6. The quantitative estimate of drug-likeness (QED) is 0.923. The Bertz CT molecular complexity index is 722. The number of nitrogens with zero attached hydrogens (tertiary/aromatic N) is 2. The zero-order valence-electron chi connectivity index (χ0n) is 11.8. The van der Waals surface area contributed by atoms with Crippen molar-refractivity contribution in [3.63, 3.8) is 0 Å². The van der Waals surface area contributed by atoms with Gasteiger partial charge in [0.05, 0.1) is 0 Å². The number of ether oxygens (including phenoxy) is 1. The van der Waals surface area contributed by atoms with Gasteiger partial charge in [-0.05, 0) is 26.0 Å². The molecule has 0 unspecified atom stereocenters. The van der Waals surface area contributed by atoms with Gasteiger partial charge < -0.3 is 9.84 Å². The third-order valence-corrected chi connectivity index (χ3v) is 3.55. The fourth-order valence-corrected chi connectivity index (χ4v) is 2.42. The van der Waals surface area contributed by atoms with Crippen LogP contribution in [0.3, 0.4) is 0 Å². The molecule has 1 aliphatic heterocycles. The summed E-state index contributed by atoms with van der Waals surface area (Å²) < 4.78 is 21.2. The highest BCUT2D eigenvalue weighted by Gasteiger charge is 2.35. The first-order valence-corrected chi connectivity index (χ1v) is 6.67. The molecule has 0 atom stereocenters. The number of aromatic nitrogens is 2. The van der Waals surface area contributed by atoms with Gasteiger partial charge in [0.1, 0.15) is 22.7 Å². The predicted molar refractivity (Wildman–Crippen MR) is 73.9 cm³/mol. The number of aryl methyl sites for hydroxylation is 1. The minimum atomic E-state index is -1.17. The van der Waals surface area contributed by atoms with E-state index in [1.54, 1.807) is 12.1 Å². The van der Waals surface area contributed by atoms with Crippen LogP contribution in [0.25, 0.3) is 11.3 Å². The maximum atomic E-state index is 14.0. The van der Waals surface area contributed by atoms with Gasteiger partial charge in [-0.2, -0.15) is 5.10 Å². The van der Waals surface area contributed by atoms with Crippen LogP contribution in [0.4, 0.5) is 4.39 Å². The number of hydrogen-bond acceptors (Lipinski definition) is 3. The molecule has 0 aliphatic carbocycles. The van der Waals surface area contributed by atoms with Crippen LogP contribution in [0.15, 0.2) is 24.3 Å². The normalized spacial score (nSPS) is 16.1. The number of aromatic carboxylic acids is 1. The standard InChI is InChI=1S/C15H15FN2O3/c1-15(2)7-8-18-13(21-15)11(14(19)20)12(17-18)9-5-3-4-6-10(9)16/h3-6H,7-8H2,1-2H3,(H,19,20). The highest BCUT2D eigenvalue weighted by atomic mass is 19.1. The molecule has 0 radical (unpaired) electrons. The molecule has 2 heterocycles. The lowest BCUT2D eigenvalue weighted by molar-refractivity contribution is 0.0487. The summed E-state index contributed by atoms with van der Waals surface area (Å²) in [5.74, 6) is -1.49. The zero-order valence-corrected chi connectivity index (χ0v) is 11.8. The summed E-state index contributed by atoms with van der Waals surface area (Å²) >= 11 is 0. The Kier molecular flexibility index (Phi) is 2.97. The van der Waals surface area contributed by atoms with Crippen molar-refractivity contribution in [2.24, 2.45) is 0 Å². The van der Waals surface area contributed by atoms with E-state index in [-0.39, 0.29) is 22.7 Å². The van der Waals surface area contributed by atoms with Crippen LogP contribution in [0, 0.1) is 5.82 Å². The number of benzene rings is 1. The van der Waals surface area contributed by atoms with E-state index in [2.05, 4.69) is 5.10 Å². The topological polar surface area (TPSA) is 64.4 Å². The van der Waals surface area contributed by atoms with E-state index in [4.69, 9.17) is 4.74 Å². The molecule has 0 fully saturated rings. The molecular weight excluding hydrogens is 275 g/mol. The Hall–Kier alpha value is -2.37. The maximum Gasteiger partial charge on any atom is 0.343 e. The summed E-state index contributed by atoms with van der Waals surface area (Å²) in [5, 5.41) is 13.7. The molecule has 1 N–H and O–H groups in total. The van der Waals surface area contributed by atoms with E-state index < -0.39 is 17.4 Å². The Morgan fingerprint density at radius 3 is 2.81 bits per heavy atom. The fourth-order valence-electron chi connectivity index (χ4n) is 2.42. The summed E-state index contributed by atoms with van der Waals surface area (Å²) in [6.45, 7) is 4.31. The smallest absolute Gasteiger partial charge is 0.343 e. The monoisotopic (exact) mass is 290 g/mol. The molecule has 0 spiro atoms. The minimum Gasteiger partial charge on any atom is -0.477 e. The third-order valence-electron chi connectivity index (χ3n) is 3.55. The molecule has 0 amide bonds. The van der Waals surface area contributed by atoms with Crippen LogP contribution in [0.5, 0.6) is 5.88 Å². The summed E-state index contributed by atoms with van der Waals surface area (Å²) in [6.07, 6.45) is 0.706. The van der Waals surface area contributed by atoms with Gasteiger partial charge in [-0.1, -0.05) is 12.1 Å². The van der Waals surface area contributed by atoms with Gasteiger partial charge in [0, 0.05) is 18.5 Å². The Morgan fingerprint density at radius 2 is 2.14 bits per heavy atom. The number of fused-ring (bicyclic) bond motifs is 1. The number of carboxylic acid groups (broad SMARTS) is 1. The third kappa shape index (κ3) is 2.26. The van der Waals surface area contributed by atoms with Crippen molar-refractivity contribution >= 4 is 5.97 Å². The second-order valence-electron chi connectivity index (χ2n) is 5.65. The van der Waals surface area contributed by atoms with Gasteiger partial charge >= 0.3 is 5.97 Å². The van der Waals surface area contributed by atoms with Crippen molar-refractivity contribution in [2.45, 2.75) is 32.4 Å². The van der Waals surface area contributed by atoms with E-state index in [0.717, 1.165) is 0 Å². The molecular formula is C15H15FN2O3. The van der Waals surface area contributed by atoms with E-state index in [0.29, 0.717) is 13.0 Å². The predicted octanol–water partition coefficient (Wildman–Crippen LogP) is 2.95. The van der Waals surface area contributed by atoms with Crippen LogP contribution >= 0.6 is 0 Å². The summed E-state index contributed by atoms with van der Waals surface area (Å²) in [6, 6.07) is 5.99. The van der Waals surface area contributed by atoms with Gasteiger partial charge in [-0.15, -0.1) is 0 Å². The average Bonchev–Trinajstić information content (AvgIpc) is 2.76. The van der Waals surface area contributed by atoms with Gasteiger partial charge in [0.15, 0.2) is 0 Å². The van der Waals surface area contributed by atoms with Crippen LogP contribution in [-0.2, 0) is 6.54 Å². The largest absolute Gasteiger partial charge is 0.477 e. The number of carbonyl (C=O) groups is 1. The highest BCUT2D eigenvalue weighted by Crippen LogP contribution is 2.37. The molecule has 5 nitrogen and oxygen atoms in total. The molecule has 0 saturated heterocycles. The van der Waals surface area contributed by atoms with Gasteiger partial charge in [-0.3, -0.25) is 0 Å². The molecule has 3 rings (SSSR count). The second kappa shape index (κ2) is 4.58. The fraction of sp³-hybridized carbons (Fsp3) is 0.333. The first-order chi connectivity index (χ1) is 9.89. The summed E-state index contributed by atoms with van der Waals surface area (Å²) in [7, 11) is 0. The van der Waals surface area contributed by atoms with Gasteiger partial charge in [-0.25, -0.2) is 13.9 Å². The van der Waals surface area contributed by atoms with Crippen molar-refractivity contribution in [2.75, 3.05) is 0 Å². The second-order valence-corrected chi connectivity index (χ2v) is 5.65. The number of hydrogen-bond donors (Lipinski definition) is 1. The summed E-state index contributed by atoms with van der Waals surface area (Å²) in [4.78, 5) is 11.6. The van der Waals surface area contributed by atoms with Crippen molar-refractivity contribution in [3.8, 4) is 17.1 Å². The lowest BCUT2D eigenvalue weighted by atomic mass is 10.0. The lowest BCUT2D eigenvalue weighted by Crippen LogP contribution is -2.35. The van der Waals surface area contributed by atoms with Crippen LogP contribution in [-0.4, -0.2) is 26.5 Å². The molecule has 110 valence electrons. The highest BCUT2D eigenvalue weighted by molar-refractivity contribution is 5.97. The van der Waals surface area contributed by atoms with E-state index in [1.807, 2.05) is 13.8 Å². The number of carboxylic acids is 1. The summed E-state index contributed by atoms with van der Waals surface area (Å²) in [5.41, 5.74) is -0.286. The Morgan fingerprint density at radius 1 is 1.43 bits per heavy atom. The molecule has 1 aromatic carbocycles. The molecule has 21 heavy (non-hydrogen) atoms. The molecule has 2 aromatic rings. The van der Waals surface area contributed by atoms with Gasteiger partial charge in [0.2, 0.25) is 5.88 Å². The molecule has 6 heteroatoms. The minimum absolute atomic E-state index is 0.0899. The van der Waals surface area contributed by atoms with Crippen molar-refractivity contribution in [1.29, 1.82) is 0 Å². The first-order valence-electron chi connectivity index (χ1n) is 6.67. The van der Waals surface area contributed by atoms with Crippen LogP contribution in [0.2, 0.25) is 0 Å². The number of rotatable bonds is 2. The lowest BCUT2D eigenvalue weighted by Gasteiger charge is -2.31. The zero-order chi connectivity index (χ0) is 15.2. The molecule has 1 aromatic heterocycles. The average molecular weight is 290 g/mol. The molecule has 0 saturated carbocycles.